The van der Waals surface area contributed by atoms with Gasteiger partial charge < -0.3 is 25.4 Å². The second-order valence-electron chi connectivity index (χ2n) is 11.1. The molecule has 6 heteroatoms. The molecule has 38 heavy (non-hydrogen) atoms. The molecule has 0 amide bonds. The largest absolute Gasteiger partial charge is 0.491 e. The first-order valence-electron chi connectivity index (χ1n) is 13.4. The zero-order valence-electron chi connectivity index (χ0n) is 22.4. The Morgan fingerprint density at radius 2 is 1.84 bits per heavy atom. The van der Waals surface area contributed by atoms with E-state index < -0.39 is 12.1 Å². The Balaban J connectivity index is 1.33. The number of carbonyl (C=O) groups is 1. The summed E-state index contributed by atoms with van der Waals surface area (Å²) in [5, 5.41) is 31.7. The van der Waals surface area contributed by atoms with Crippen molar-refractivity contribution in [3.05, 3.63) is 81.9 Å². The van der Waals surface area contributed by atoms with Crippen LogP contribution in [0.4, 0.5) is 5.69 Å². The molecule has 0 saturated heterocycles. The van der Waals surface area contributed by atoms with E-state index in [-0.39, 0.29) is 31.0 Å². The van der Waals surface area contributed by atoms with Crippen LogP contribution in [0.15, 0.2) is 48.5 Å². The molecule has 1 unspecified atom stereocenters. The van der Waals surface area contributed by atoms with E-state index in [1.165, 1.54) is 33.4 Å². The van der Waals surface area contributed by atoms with Gasteiger partial charge in [0.05, 0.1) is 13.0 Å². The first-order chi connectivity index (χ1) is 18.2. The smallest absolute Gasteiger partial charge is 0.303 e. The van der Waals surface area contributed by atoms with Crippen molar-refractivity contribution in [1.29, 1.82) is 0 Å². The highest BCUT2D eigenvalue weighted by Gasteiger charge is 2.54. The zero-order valence-corrected chi connectivity index (χ0v) is 22.4. The highest BCUT2D eigenvalue weighted by Crippen LogP contribution is 2.64. The molecule has 2 aliphatic rings. The number of aliphatic carboxylic acids is 1. The van der Waals surface area contributed by atoms with Gasteiger partial charge in [0.15, 0.2) is 0 Å². The monoisotopic (exact) mass is 515 g/mol. The highest BCUT2D eigenvalue weighted by atomic mass is 16.5. The predicted molar refractivity (Wildman–Crippen MR) is 149 cm³/mol. The number of ether oxygens (including phenoxy) is 1. The van der Waals surface area contributed by atoms with E-state index in [2.05, 4.69) is 62.5 Å². The Kier molecular flexibility index (Phi) is 7.21. The van der Waals surface area contributed by atoms with E-state index in [9.17, 15) is 15.0 Å². The number of aliphatic hydroxyl groups excluding tert-OH is 2. The fourth-order valence-corrected chi connectivity index (χ4v) is 6.25. The number of aliphatic hydroxyl groups is 2. The average molecular weight is 516 g/mol. The van der Waals surface area contributed by atoms with Gasteiger partial charge in [-0.1, -0.05) is 24.3 Å². The molecular formula is C32H37NO5. The molecule has 0 heterocycles. The number of rotatable bonds is 10. The van der Waals surface area contributed by atoms with E-state index in [1.807, 2.05) is 12.1 Å². The summed E-state index contributed by atoms with van der Waals surface area (Å²) in [6.07, 6.45) is 2.58. The minimum atomic E-state index is -0.895. The highest BCUT2D eigenvalue weighted by molar-refractivity contribution is 5.75. The number of hydrogen-bond acceptors (Lipinski definition) is 5. The summed E-state index contributed by atoms with van der Waals surface area (Å²) in [5.41, 5.74) is 10.7. The first kappa shape index (κ1) is 26.3. The molecule has 0 radical (unpaired) electrons. The quantitative estimate of drug-likeness (QED) is 0.284. The van der Waals surface area contributed by atoms with Crippen LogP contribution in [0.2, 0.25) is 0 Å². The lowest BCUT2D eigenvalue weighted by atomic mass is 9.87. The molecular weight excluding hydrogens is 478 g/mol. The Morgan fingerprint density at radius 1 is 1.11 bits per heavy atom. The van der Waals surface area contributed by atoms with Gasteiger partial charge in [0.2, 0.25) is 0 Å². The van der Waals surface area contributed by atoms with Gasteiger partial charge in [-0.25, -0.2) is 0 Å². The van der Waals surface area contributed by atoms with E-state index >= 15 is 0 Å². The fourth-order valence-electron chi connectivity index (χ4n) is 6.25. The molecule has 1 fully saturated rings. The number of carboxylic acid groups (broad SMARTS) is 1. The number of fused-ring (bicyclic) bond motifs is 1. The third-order valence-electron chi connectivity index (χ3n) is 8.43. The Bertz CT molecular complexity index is 1340. The van der Waals surface area contributed by atoms with Crippen molar-refractivity contribution in [3.8, 4) is 16.9 Å². The molecule has 5 rings (SSSR count). The molecule has 0 aliphatic heterocycles. The number of anilines is 1. The average Bonchev–Trinajstić information content (AvgIpc) is 3.59. The van der Waals surface area contributed by atoms with E-state index in [4.69, 9.17) is 9.84 Å². The maximum Gasteiger partial charge on any atom is 0.303 e. The second kappa shape index (κ2) is 10.4. The van der Waals surface area contributed by atoms with Gasteiger partial charge in [0.1, 0.15) is 18.5 Å². The van der Waals surface area contributed by atoms with Gasteiger partial charge in [-0.3, -0.25) is 4.79 Å². The summed E-state index contributed by atoms with van der Waals surface area (Å²) in [6, 6.07) is 16.8. The van der Waals surface area contributed by atoms with E-state index in [0.29, 0.717) is 12.3 Å². The van der Waals surface area contributed by atoms with Crippen LogP contribution in [0.1, 0.15) is 58.6 Å². The van der Waals surface area contributed by atoms with Gasteiger partial charge in [-0.05, 0) is 114 Å². The second-order valence-corrected chi connectivity index (χ2v) is 11.1. The van der Waals surface area contributed by atoms with Gasteiger partial charge in [-0.15, -0.1) is 0 Å². The zero-order chi connectivity index (χ0) is 27.0. The van der Waals surface area contributed by atoms with Gasteiger partial charge in [-0.2, -0.15) is 0 Å². The maximum atomic E-state index is 11.5. The molecule has 0 bridgehead atoms. The van der Waals surface area contributed by atoms with Crippen molar-refractivity contribution in [2.24, 2.45) is 5.41 Å². The Morgan fingerprint density at radius 3 is 2.50 bits per heavy atom. The molecule has 3 aromatic rings. The van der Waals surface area contributed by atoms with Crippen molar-refractivity contribution in [3.63, 3.8) is 0 Å². The summed E-state index contributed by atoms with van der Waals surface area (Å²) in [5.74, 6) is 0.118. The molecule has 1 saturated carbocycles. The SMILES string of the molecule is Cc1cc(OC[C@@H](O)CO)cc(C)c1-c1cccc(CNc2ccc3c(c2)CC2(CC2)C3CC(=O)O)c1C. The Hall–Kier alpha value is -3.35. The molecule has 200 valence electrons. The number of nitrogens with one attached hydrogen (secondary N) is 1. The molecule has 2 atom stereocenters. The predicted octanol–water partition coefficient (Wildman–Crippen LogP) is 5.52. The topological polar surface area (TPSA) is 99.0 Å². The Labute approximate surface area is 224 Å². The summed E-state index contributed by atoms with van der Waals surface area (Å²) in [7, 11) is 0. The van der Waals surface area contributed by atoms with Crippen LogP contribution in [0.25, 0.3) is 11.1 Å². The first-order valence-corrected chi connectivity index (χ1v) is 13.4. The van der Waals surface area contributed by atoms with Crippen molar-refractivity contribution in [2.75, 3.05) is 18.5 Å². The maximum absolute atomic E-state index is 11.5. The third-order valence-corrected chi connectivity index (χ3v) is 8.43. The lowest BCUT2D eigenvalue weighted by Crippen LogP contribution is -2.21. The van der Waals surface area contributed by atoms with Crippen LogP contribution in [-0.4, -0.2) is 40.6 Å². The number of hydrogen-bond donors (Lipinski definition) is 4. The van der Waals surface area contributed by atoms with E-state index in [1.54, 1.807) is 0 Å². The van der Waals surface area contributed by atoms with Gasteiger partial charge in [0, 0.05) is 18.2 Å². The summed E-state index contributed by atoms with van der Waals surface area (Å²) in [4.78, 5) is 11.5. The minimum absolute atomic E-state index is 0.0544. The van der Waals surface area contributed by atoms with Crippen LogP contribution >= 0.6 is 0 Å². The lowest BCUT2D eigenvalue weighted by molar-refractivity contribution is -0.137. The van der Waals surface area contributed by atoms with Gasteiger partial charge >= 0.3 is 5.97 Å². The molecule has 0 aromatic heterocycles. The van der Waals surface area contributed by atoms with Crippen molar-refractivity contribution in [1.82, 2.24) is 0 Å². The molecule has 6 nitrogen and oxygen atoms in total. The third kappa shape index (κ3) is 5.16. The number of benzene rings is 3. The number of aryl methyl sites for hydroxylation is 2. The van der Waals surface area contributed by atoms with Crippen molar-refractivity contribution < 1.29 is 24.9 Å². The van der Waals surface area contributed by atoms with Crippen LogP contribution < -0.4 is 10.1 Å². The van der Waals surface area contributed by atoms with Crippen LogP contribution in [0.3, 0.4) is 0 Å². The molecule has 3 aromatic carbocycles. The molecule has 4 N–H and O–H groups in total. The molecule has 1 spiro atoms. The van der Waals surface area contributed by atoms with Crippen LogP contribution in [0, 0.1) is 26.2 Å². The van der Waals surface area contributed by atoms with Gasteiger partial charge in [0.25, 0.3) is 0 Å². The molecule has 2 aliphatic carbocycles. The summed E-state index contributed by atoms with van der Waals surface area (Å²) in [6.45, 7) is 6.71. The van der Waals surface area contributed by atoms with Crippen LogP contribution in [0.5, 0.6) is 5.75 Å². The summed E-state index contributed by atoms with van der Waals surface area (Å²) < 4.78 is 5.68. The fraction of sp³-hybridized carbons (Fsp3) is 0.406. The normalized spacial score (nSPS) is 17.8. The standard InChI is InChI=1S/C32H37NO5/c1-19-11-26(38-18-25(35)17-34)12-20(2)31(19)27-6-4-5-22(21(27)3)16-33-24-7-8-28-23(13-24)15-32(9-10-32)29(28)14-30(36)37/h4-8,11-13,25,29,33-35H,9-10,14-18H2,1-3H3,(H,36,37)/t25-,29?/m0/s1. The lowest BCUT2D eigenvalue weighted by Gasteiger charge is -2.19. The van der Waals surface area contributed by atoms with E-state index in [0.717, 1.165) is 36.1 Å². The van der Waals surface area contributed by atoms with Crippen molar-refractivity contribution >= 4 is 11.7 Å². The van der Waals surface area contributed by atoms with Crippen LogP contribution in [-0.2, 0) is 17.8 Å². The number of carboxylic acids is 1. The minimum Gasteiger partial charge on any atom is -0.491 e. The summed E-state index contributed by atoms with van der Waals surface area (Å²) >= 11 is 0. The van der Waals surface area contributed by atoms with Crippen molar-refractivity contribution in [2.45, 2.75) is 65.0 Å².